The van der Waals surface area contributed by atoms with Gasteiger partial charge in [-0.05, 0) is 64.2 Å². The van der Waals surface area contributed by atoms with E-state index in [1.807, 2.05) is 0 Å². The molecule has 0 bridgehead atoms. The molecule has 0 saturated carbocycles. The molecular weight excluding hydrogens is 769 g/mol. The molecule has 0 aromatic heterocycles. The van der Waals surface area contributed by atoms with E-state index < -0.39 is 43.4 Å². The Bertz CT molecular complexity index is 1200. The van der Waals surface area contributed by atoms with E-state index in [0.29, 0.717) is 13.0 Å². The SMILES string of the molecule is CC/C=C\C/C=C\C/C=C\C/C=C\C/C=C\C/C=C\C/C=C\CCCC(=O)OC(COCCCCCCCCCCCCCCCCC)COC1OC(CO)C(O)C(O)C1O. The van der Waals surface area contributed by atoms with Gasteiger partial charge in [-0.2, -0.15) is 0 Å². The van der Waals surface area contributed by atoms with Crippen LogP contribution in [0.15, 0.2) is 85.1 Å². The predicted octanol–water partition coefficient (Wildman–Crippen LogP) is 11.4. The van der Waals surface area contributed by atoms with Gasteiger partial charge in [0, 0.05) is 13.0 Å². The van der Waals surface area contributed by atoms with Gasteiger partial charge in [0.1, 0.15) is 30.5 Å². The molecule has 1 rings (SSSR count). The third-order valence-corrected chi connectivity index (χ3v) is 10.6. The molecular formula is C52H88O9. The van der Waals surface area contributed by atoms with Crippen molar-refractivity contribution < 1.29 is 44.2 Å². The van der Waals surface area contributed by atoms with Crippen LogP contribution in [-0.2, 0) is 23.7 Å². The van der Waals surface area contributed by atoms with E-state index in [4.69, 9.17) is 18.9 Å². The number of carbonyl (C=O) groups excluding carboxylic acids is 1. The lowest BCUT2D eigenvalue weighted by Crippen LogP contribution is -2.59. The molecule has 4 N–H and O–H groups in total. The van der Waals surface area contributed by atoms with Gasteiger partial charge in [-0.25, -0.2) is 0 Å². The minimum absolute atomic E-state index is 0.119. The van der Waals surface area contributed by atoms with Crippen molar-refractivity contribution in [2.75, 3.05) is 26.4 Å². The largest absolute Gasteiger partial charge is 0.457 e. The topological polar surface area (TPSA) is 135 Å². The van der Waals surface area contributed by atoms with Gasteiger partial charge >= 0.3 is 5.97 Å². The summed E-state index contributed by atoms with van der Waals surface area (Å²) < 4.78 is 22.8. The van der Waals surface area contributed by atoms with E-state index in [1.165, 1.54) is 83.5 Å². The molecule has 6 atom stereocenters. The van der Waals surface area contributed by atoms with Gasteiger partial charge in [0.15, 0.2) is 6.29 Å². The Labute approximate surface area is 371 Å². The molecule has 1 saturated heterocycles. The van der Waals surface area contributed by atoms with E-state index in [1.54, 1.807) is 0 Å². The minimum Gasteiger partial charge on any atom is -0.457 e. The highest BCUT2D eigenvalue weighted by Crippen LogP contribution is 2.22. The van der Waals surface area contributed by atoms with Crippen LogP contribution in [0, 0.1) is 0 Å². The molecule has 0 radical (unpaired) electrons. The Morgan fingerprint density at radius 1 is 0.541 bits per heavy atom. The van der Waals surface area contributed by atoms with Crippen molar-refractivity contribution in [3.8, 4) is 0 Å². The Morgan fingerprint density at radius 2 is 0.984 bits per heavy atom. The second kappa shape index (κ2) is 42.7. The second-order valence-electron chi connectivity index (χ2n) is 16.2. The molecule has 9 heteroatoms. The van der Waals surface area contributed by atoms with Gasteiger partial charge in [0.25, 0.3) is 0 Å². The molecule has 9 nitrogen and oxygen atoms in total. The number of hydrogen-bond acceptors (Lipinski definition) is 9. The maximum absolute atomic E-state index is 12.8. The smallest absolute Gasteiger partial charge is 0.306 e. The van der Waals surface area contributed by atoms with Crippen molar-refractivity contribution in [2.24, 2.45) is 0 Å². The van der Waals surface area contributed by atoms with E-state index in [9.17, 15) is 25.2 Å². The maximum Gasteiger partial charge on any atom is 0.306 e. The summed E-state index contributed by atoms with van der Waals surface area (Å²) in [6.07, 6.45) is 50.4. The zero-order valence-corrected chi connectivity index (χ0v) is 38.4. The first-order valence-electron chi connectivity index (χ1n) is 24.2. The Kier molecular flexibility index (Phi) is 39.4. The monoisotopic (exact) mass is 857 g/mol. The molecule has 1 heterocycles. The van der Waals surface area contributed by atoms with Crippen molar-refractivity contribution in [3.63, 3.8) is 0 Å². The molecule has 0 aliphatic carbocycles. The van der Waals surface area contributed by atoms with Gasteiger partial charge in [-0.15, -0.1) is 0 Å². The fourth-order valence-electron chi connectivity index (χ4n) is 6.83. The van der Waals surface area contributed by atoms with Gasteiger partial charge < -0.3 is 39.4 Å². The van der Waals surface area contributed by atoms with Crippen LogP contribution in [0.4, 0.5) is 0 Å². The van der Waals surface area contributed by atoms with Crippen molar-refractivity contribution in [2.45, 2.75) is 211 Å². The average molecular weight is 857 g/mol. The Morgan fingerprint density at radius 3 is 1.44 bits per heavy atom. The normalized spacial score (nSPS) is 20.7. The number of esters is 1. The van der Waals surface area contributed by atoms with Gasteiger partial charge in [-0.3, -0.25) is 4.79 Å². The lowest BCUT2D eigenvalue weighted by Gasteiger charge is -2.39. The fraction of sp³-hybridized carbons (Fsp3) is 0.712. The quantitative estimate of drug-likeness (QED) is 0.0270. The summed E-state index contributed by atoms with van der Waals surface area (Å²) in [7, 11) is 0. The van der Waals surface area contributed by atoms with Gasteiger partial charge in [0.2, 0.25) is 0 Å². The van der Waals surface area contributed by atoms with Gasteiger partial charge in [0.05, 0.1) is 19.8 Å². The highest BCUT2D eigenvalue weighted by molar-refractivity contribution is 5.69. The zero-order chi connectivity index (χ0) is 44.3. The van der Waals surface area contributed by atoms with E-state index in [0.717, 1.165) is 64.2 Å². The molecule has 0 aromatic carbocycles. The first kappa shape index (κ1) is 56.4. The molecule has 1 aliphatic rings. The number of allylic oxidation sites excluding steroid dienone is 14. The molecule has 1 fully saturated rings. The van der Waals surface area contributed by atoms with Crippen molar-refractivity contribution in [1.29, 1.82) is 0 Å². The summed E-state index contributed by atoms with van der Waals surface area (Å²) in [5, 5.41) is 40.2. The number of rotatable bonds is 40. The van der Waals surface area contributed by atoms with E-state index in [-0.39, 0.29) is 25.6 Å². The van der Waals surface area contributed by atoms with Crippen molar-refractivity contribution in [1.82, 2.24) is 0 Å². The molecule has 61 heavy (non-hydrogen) atoms. The molecule has 0 aromatic rings. The highest BCUT2D eigenvalue weighted by Gasteiger charge is 2.44. The number of hydrogen-bond donors (Lipinski definition) is 4. The average Bonchev–Trinajstić information content (AvgIpc) is 3.26. The molecule has 1 aliphatic heterocycles. The standard InChI is InChI=1S/C52H88O9/c1-3-5-7-9-11-13-15-17-19-20-21-22-23-24-25-26-27-29-31-33-35-37-39-41-48(54)60-46(45-59-52-51(57)50(56)49(55)47(43-53)61-52)44-58-42-40-38-36-34-32-30-28-18-16-14-12-10-8-6-4-2/h5,7,11,13,17,19,21-22,24-25,27,29,33,35,46-47,49-53,55-57H,3-4,6,8-10,12,14-16,18,20,23,26,28,30-32,34,36-45H2,1-2H3/b7-5-,13-11-,19-17-,22-21-,25-24-,29-27-,35-33-. The predicted molar refractivity (Wildman–Crippen MR) is 251 cm³/mol. The van der Waals surface area contributed by atoms with Crippen LogP contribution in [-0.4, -0.2) is 89.6 Å². The van der Waals surface area contributed by atoms with Crippen LogP contribution < -0.4 is 0 Å². The molecule has 0 amide bonds. The van der Waals surface area contributed by atoms with Crippen molar-refractivity contribution in [3.05, 3.63) is 85.1 Å². The van der Waals surface area contributed by atoms with Crippen LogP contribution in [0.1, 0.15) is 174 Å². The third kappa shape index (κ3) is 33.6. The molecule has 350 valence electrons. The summed E-state index contributed by atoms with van der Waals surface area (Å²) in [5.74, 6) is -0.372. The van der Waals surface area contributed by atoms with E-state index >= 15 is 0 Å². The first-order valence-corrected chi connectivity index (χ1v) is 24.2. The lowest BCUT2D eigenvalue weighted by molar-refractivity contribution is -0.305. The summed E-state index contributed by atoms with van der Waals surface area (Å²) >= 11 is 0. The Balaban J connectivity index is 2.30. The molecule has 6 unspecified atom stereocenters. The van der Waals surface area contributed by atoms with Crippen LogP contribution >= 0.6 is 0 Å². The number of ether oxygens (including phenoxy) is 4. The maximum atomic E-state index is 12.8. The summed E-state index contributed by atoms with van der Waals surface area (Å²) in [6, 6.07) is 0. The second-order valence-corrected chi connectivity index (χ2v) is 16.2. The zero-order valence-electron chi connectivity index (χ0n) is 38.4. The number of aliphatic hydroxyl groups is 4. The van der Waals surface area contributed by atoms with E-state index in [2.05, 4.69) is 98.9 Å². The van der Waals surface area contributed by atoms with Crippen LogP contribution in [0.3, 0.4) is 0 Å². The minimum atomic E-state index is -1.55. The van der Waals surface area contributed by atoms with Crippen LogP contribution in [0.5, 0.6) is 0 Å². The molecule has 0 spiro atoms. The Hall–Kier alpha value is -2.63. The summed E-state index contributed by atoms with van der Waals surface area (Å²) in [4.78, 5) is 12.8. The summed E-state index contributed by atoms with van der Waals surface area (Å²) in [5.41, 5.74) is 0. The lowest BCUT2D eigenvalue weighted by atomic mass is 9.99. The highest BCUT2D eigenvalue weighted by atomic mass is 16.7. The fourth-order valence-corrected chi connectivity index (χ4v) is 6.83. The number of aliphatic hydroxyl groups excluding tert-OH is 4. The van der Waals surface area contributed by atoms with Gasteiger partial charge in [-0.1, -0.05) is 189 Å². The third-order valence-electron chi connectivity index (χ3n) is 10.6. The number of unbranched alkanes of at least 4 members (excludes halogenated alkanes) is 15. The first-order chi connectivity index (χ1) is 29.9. The number of carbonyl (C=O) groups is 1. The van der Waals surface area contributed by atoms with Crippen molar-refractivity contribution >= 4 is 5.97 Å². The van der Waals surface area contributed by atoms with Crippen LogP contribution in [0.2, 0.25) is 0 Å². The van der Waals surface area contributed by atoms with Crippen LogP contribution in [0.25, 0.3) is 0 Å². The summed E-state index contributed by atoms with van der Waals surface area (Å²) in [6.45, 7) is 4.37.